The van der Waals surface area contributed by atoms with Crippen molar-refractivity contribution in [3.8, 4) is 0 Å². The van der Waals surface area contributed by atoms with E-state index in [0.717, 1.165) is 9.37 Å². The van der Waals surface area contributed by atoms with Gasteiger partial charge in [-0.05, 0) is 31.2 Å². The zero-order valence-electron chi connectivity index (χ0n) is 12.9. The van der Waals surface area contributed by atoms with E-state index in [1.165, 1.54) is 0 Å². The van der Waals surface area contributed by atoms with Gasteiger partial charge < -0.3 is 4.90 Å². The highest BCUT2D eigenvalue weighted by Crippen LogP contribution is 2.24. The Morgan fingerprint density at radius 2 is 1.75 bits per heavy atom. The number of nitrogens with zero attached hydrogens (tertiary/aromatic N) is 3. The van der Waals surface area contributed by atoms with E-state index in [-0.39, 0.29) is 26.2 Å². The molecular formula is C14H17BrF3N3O2S. The molecule has 0 bridgehead atoms. The molecule has 1 fully saturated rings. The van der Waals surface area contributed by atoms with Gasteiger partial charge in [0, 0.05) is 37.2 Å². The number of rotatable bonds is 3. The van der Waals surface area contributed by atoms with Crippen LogP contribution in [0.15, 0.2) is 38.0 Å². The van der Waals surface area contributed by atoms with Gasteiger partial charge in [0.25, 0.3) is 0 Å². The van der Waals surface area contributed by atoms with Crippen molar-refractivity contribution in [3.63, 3.8) is 0 Å². The molecule has 1 aliphatic rings. The molecular weight excluding hydrogens is 411 g/mol. The molecule has 0 radical (unpaired) electrons. The second-order valence-electron chi connectivity index (χ2n) is 5.11. The highest BCUT2D eigenvalue weighted by Gasteiger charge is 2.43. The van der Waals surface area contributed by atoms with Gasteiger partial charge in [0.05, 0.1) is 4.90 Å². The number of amides is 1. The zero-order valence-corrected chi connectivity index (χ0v) is 15.3. The number of carbonyl (C=O) groups is 1. The quantitative estimate of drug-likeness (QED) is 0.744. The van der Waals surface area contributed by atoms with Gasteiger partial charge in [-0.15, -0.1) is 0 Å². The predicted octanol–water partition coefficient (Wildman–Crippen LogP) is 2.92. The minimum absolute atomic E-state index is 0.0697. The Hall–Kier alpha value is -1.13. The third-order valence-corrected chi connectivity index (χ3v) is 6.63. The summed E-state index contributed by atoms with van der Waals surface area (Å²) in [5, 5.41) is 0. The van der Waals surface area contributed by atoms with Crippen molar-refractivity contribution in [2.75, 3.05) is 32.7 Å². The SMILES string of the molecule is CCN=S(=O)(c1ccc(Br)cc1)N1CCN(C(=O)C(F)(F)F)CC1. The maximum absolute atomic E-state index is 13.3. The fraction of sp³-hybridized carbons (Fsp3) is 0.500. The molecule has 1 amide bonds. The zero-order chi connectivity index (χ0) is 18.0. The van der Waals surface area contributed by atoms with Crippen LogP contribution in [-0.4, -0.2) is 58.2 Å². The number of hydrogen-bond acceptors (Lipinski definition) is 3. The lowest BCUT2D eigenvalue weighted by atomic mass is 10.3. The average molecular weight is 428 g/mol. The number of hydrogen-bond donors (Lipinski definition) is 0. The van der Waals surface area contributed by atoms with Crippen molar-refractivity contribution < 1.29 is 22.2 Å². The second-order valence-corrected chi connectivity index (χ2v) is 8.27. The maximum atomic E-state index is 13.3. The number of carbonyl (C=O) groups excluding carboxylic acids is 1. The monoisotopic (exact) mass is 427 g/mol. The summed E-state index contributed by atoms with van der Waals surface area (Å²) in [6.07, 6.45) is -4.89. The molecule has 1 unspecified atom stereocenters. The van der Waals surface area contributed by atoms with Crippen molar-refractivity contribution >= 4 is 31.8 Å². The Morgan fingerprint density at radius 1 is 1.21 bits per heavy atom. The molecule has 1 aromatic carbocycles. The van der Waals surface area contributed by atoms with Crippen molar-refractivity contribution in [2.24, 2.45) is 4.36 Å². The highest BCUT2D eigenvalue weighted by molar-refractivity contribution is 9.10. The van der Waals surface area contributed by atoms with Gasteiger partial charge >= 0.3 is 12.1 Å². The molecule has 0 aromatic heterocycles. The van der Waals surface area contributed by atoms with Gasteiger partial charge in [-0.3, -0.25) is 4.79 Å². The van der Waals surface area contributed by atoms with Crippen LogP contribution in [0.1, 0.15) is 6.92 Å². The highest BCUT2D eigenvalue weighted by atomic mass is 79.9. The molecule has 1 aliphatic heterocycles. The first-order valence-corrected chi connectivity index (χ1v) is 9.54. The number of piperazine rings is 1. The lowest BCUT2D eigenvalue weighted by molar-refractivity contribution is -0.186. The topological polar surface area (TPSA) is 53.0 Å². The van der Waals surface area contributed by atoms with Crippen LogP contribution in [0.4, 0.5) is 13.2 Å². The summed E-state index contributed by atoms with van der Waals surface area (Å²) in [7, 11) is -2.90. The van der Waals surface area contributed by atoms with Gasteiger partial charge in [-0.1, -0.05) is 15.9 Å². The molecule has 134 valence electrons. The normalized spacial score (nSPS) is 19.0. The van der Waals surface area contributed by atoms with E-state index in [1.807, 2.05) is 0 Å². The molecule has 1 heterocycles. The van der Waals surface area contributed by atoms with Crippen LogP contribution in [0.25, 0.3) is 0 Å². The van der Waals surface area contributed by atoms with Crippen LogP contribution in [0, 0.1) is 0 Å². The predicted molar refractivity (Wildman–Crippen MR) is 87.7 cm³/mol. The minimum Gasteiger partial charge on any atom is -0.332 e. The fourth-order valence-electron chi connectivity index (χ4n) is 2.41. The summed E-state index contributed by atoms with van der Waals surface area (Å²) in [6, 6.07) is 6.84. The van der Waals surface area contributed by atoms with E-state index in [0.29, 0.717) is 11.4 Å². The number of benzene rings is 1. The molecule has 1 aromatic rings. The molecule has 10 heteroatoms. The van der Waals surface area contributed by atoms with Crippen LogP contribution in [0.3, 0.4) is 0 Å². The molecule has 0 N–H and O–H groups in total. The summed E-state index contributed by atoms with van der Waals surface area (Å²) in [4.78, 5) is 12.5. The summed E-state index contributed by atoms with van der Waals surface area (Å²) in [5.74, 6) is -1.86. The third-order valence-electron chi connectivity index (χ3n) is 3.54. The molecule has 2 rings (SSSR count). The first kappa shape index (κ1) is 19.2. The van der Waals surface area contributed by atoms with Gasteiger partial charge in [0.2, 0.25) is 0 Å². The summed E-state index contributed by atoms with van der Waals surface area (Å²) in [6.45, 7) is 1.94. The van der Waals surface area contributed by atoms with E-state index in [4.69, 9.17) is 0 Å². The first-order chi connectivity index (χ1) is 11.2. The van der Waals surface area contributed by atoms with E-state index in [9.17, 15) is 22.2 Å². The van der Waals surface area contributed by atoms with Crippen LogP contribution in [0.2, 0.25) is 0 Å². The van der Waals surface area contributed by atoms with Gasteiger partial charge in [-0.25, -0.2) is 12.9 Å². The van der Waals surface area contributed by atoms with Crippen LogP contribution in [-0.2, 0) is 14.7 Å². The first-order valence-electron chi connectivity index (χ1n) is 7.28. The molecule has 0 aliphatic carbocycles. The van der Waals surface area contributed by atoms with Gasteiger partial charge in [0.15, 0.2) is 0 Å². The number of alkyl halides is 3. The Bertz CT molecular complexity index is 707. The van der Waals surface area contributed by atoms with E-state index in [1.54, 1.807) is 35.5 Å². The molecule has 0 spiro atoms. The van der Waals surface area contributed by atoms with Gasteiger partial charge in [0.1, 0.15) is 9.92 Å². The van der Waals surface area contributed by atoms with Crippen LogP contribution < -0.4 is 0 Å². The Morgan fingerprint density at radius 3 is 2.21 bits per heavy atom. The smallest absolute Gasteiger partial charge is 0.332 e. The maximum Gasteiger partial charge on any atom is 0.471 e. The largest absolute Gasteiger partial charge is 0.471 e. The summed E-state index contributed by atoms with van der Waals surface area (Å²) < 4.78 is 57.4. The summed E-state index contributed by atoms with van der Waals surface area (Å²) >= 11 is 3.30. The Labute approximate surface area is 147 Å². The van der Waals surface area contributed by atoms with Crippen LogP contribution >= 0.6 is 15.9 Å². The van der Waals surface area contributed by atoms with Gasteiger partial charge in [-0.2, -0.15) is 13.2 Å². The van der Waals surface area contributed by atoms with Crippen molar-refractivity contribution in [2.45, 2.75) is 18.0 Å². The average Bonchev–Trinajstić information content (AvgIpc) is 2.54. The van der Waals surface area contributed by atoms with Crippen molar-refractivity contribution in [1.29, 1.82) is 0 Å². The van der Waals surface area contributed by atoms with E-state index in [2.05, 4.69) is 20.3 Å². The molecule has 1 saturated heterocycles. The lowest BCUT2D eigenvalue weighted by Gasteiger charge is -2.36. The number of halogens is 4. The minimum atomic E-state index is -4.89. The third kappa shape index (κ3) is 4.09. The van der Waals surface area contributed by atoms with Crippen LogP contribution in [0.5, 0.6) is 0 Å². The molecule has 24 heavy (non-hydrogen) atoms. The Kier molecular flexibility index (Phi) is 5.92. The fourth-order valence-corrected chi connectivity index (χ4v) is 4.78. The van der Waals surface area contributed by atoms with E-state index < -0.39 is 22.0 Å². The second kappa shape index (κ2) is 7.40. The van der Waals surface area contributed by atoms with E-state index >= 15 is 0 Å². The summed E-state index contributed by atoms with van der Waals surface area (Å²) in [5.41, 5.74) is 0. The molecule has 5 nitrogen and oxygen atoms in total. The standard InChI is InChI=1S/C14H17BrF3N3O2S/c1-2-19-24(23,12-5-3-11(15)4-6-12)21-9-7-20(8-10-21)13(22)14(16,17)18/h3-6H,2,7-10H2,1H3. The Balaban J connectivity index is 2.21. The van der Waals surface area contributed by atoms with Crippen molar-refractivity contribution in [1.82, 2.24) is 9.21 Å². The lowest BCUT2D eigenvalue weighted by Crippen LogP contribution is -2.53. The van der Waals surface area contributed by atoms with Crippen molar-refractivity contribution in [3.05, 3.63) is 28.7 Å². The molecule has 0 saturated carbocycles. The molecule has 1 atom stereocenters.